The largest absolute Gasteiger partial charge is 0.381 e. The summed E-state index contributed by atoms with van der Waals surface area (Å²) in [5.41, 5.74) is 2.82. The van der Waals surface area contributed by atoms with Crippen molar-refractivity contribution in [1.29, 1.82) is 0 Å². The highest BCUT2D eigenvalue weighted by Gasteiger charge is 2.66. The van der Waals surface area contributed by atoms with E-state index in [1.54, 1.807) is 0 Å². The summed E-state index contributed by atoms with van der Waals surface area (Å²) in [7, 11) is 0. The number of rotatable bonds is 3. The highest BCUT2D eigenvalue weighted by molar-refractivity contribution is 5.91. The van der Waals surface area contributed by atoms with Crippen LogP contribution in [0, 0.1) is 28.6 Å². The van der Waals surface area contributed by atoms with E-state index >= 15 is 0 Å². The molecule has 166 valence electrons. The van der Waals surface area contributed by atoms with Crippen molar-refractivity contribution in [2.45, 2.75) is 76.7 Å². The number of fused-ring (bicyclic) bond motifs is 5. The van der Waals surface area contributed by atoms with E-state index in [0.717, 1.165) is 56.5 Å². The molecule has 5 aliphatic rings. The van der Waals surface area contributed by atoms with Crippen LogP contribution in [-0.4, -0.2) is 41.9 Å². The fraction of sp³-hybridized carbons (Fsp3) is 0.792. The van der Waals surface area contributed by atoms with Crippen LogP contribution in [0.1, 0.15) is 58.8 Å². The number of aliphatic hydroxyl groups is 1. The van der Waals surface area contributed by atoms with Crippen molar-refractivity contribution < 1.29 is 19.1 Å². The molecule has 0 aromatic carbocycles. The lowest BCUT2D eigenvalue weighted by Crippen LogP contribution is -2.61. The number of hydrogen-bond donors (Lipinski definition) is 3. The first-order valence-corrected chi connectivity index (χ1v) is 11.6. The number of carbonyl (C=O) groups is 1. The fourth-order valence-electron chi connectivity index (χ4n) is 7.57. The monoisotopic (exact) mass is 418 g/mol. The summed E-state index contributed by atoms with van der Waals surface area (Å²) in [4.78, 5) is 18.4. The first kappa shape index (κ1) is 20.7. The molecule has 4 fully saturated rings. The molecule has 5 rings (SSSR count). The van der Waals surface area contributed by atoms with Gasteiger partial charge < -0.3 is 10.4 Å². The summed E-state index contributed by atoms with van der Waals surface area (Å²) >= 11 is 0. The molecule has 8 unspecified atom stereocenters. The number of nitrogens with one attached hydrogen (secondary N) is 2. The predicted molar refractivity (Wildman–Crippen MR) is 112 cm³/mol. The van der Waals surface area contributed by atoms with Crippen LogP contribution in [0.2, 0.25) is 0 Å². The summed E-state index contributed by atoms with van der Waals surface area (Å²) in [6, 6.07) is 0. The molecule has 3 saturated carbocycles. The Morgan fingerprint density at radius 1 is 1.30 bits per heavy atom. The standard InChI is InChI=1S/C24H35FN2O3/c1-14-10-17-18(5-7-22(2)19(17)11-20(25)21(22)28)23(3)8-4-15(12-24(14,23)29)27-30-16-6-9-26-13-16/h12,16-20,26-27,29H,1,4-11,13H2,2-3H3. The van der Waals surface area contributed by atoms with Gasteiger partial charge in [0.05, 0.1) is 6.10 Å². The van der Waals surface area contributed by atoms with Gasteiger partial charge in [-0.05, 0) is 80.9 Å². The second-order valence-corrected chi connectivity index (χ2v) is 10.9. The van der Waals surface area contributed by atoms with Crippen molar-refractivity contribution in [3.8, 4) is 0 Å². The average Bonchev–Trinajstić information content (AvgIpc) is 3.30. The summed E-state index contributed by atoms with van der Waals surface area (Å²) in [5.74, 6) is 0.339. The number of allylic oxidation sites excluding steroid dienone is 1. The number of carbonyl (C=O) groups excluding carboxylic acids is 1. The van der Waals surface area contributed by atoms with Crippen molar-refractivity contribution in [1.82, 2.24) is 10.8 Å². The molecule has 3 N–H and O–H groups in total. The Morgan fingerprint density at radius 2 is 2.10 bits per heavy atom. The minimum absolute atomic E-state index is 0.0542. The second-order valence-electron chi connectivity index (χ2n) is 10.9. The molecule has 6 heteroatoms. The van der Waals surface area contributed by atoms with Gasteiger partial charge in [0.2, 0.25) is 0 Å². The number of hydroxylamine groups is 1. The predicted octanol–water partition coefficient (Wildman–Crippen LogP) is 3.20. The van der Waals surface area contributed by atoms with Crippen LogP contribution < -0.4 is 10.8 Å². The van der Waals surface area contributed by atoms with E-state index < -0.39 is 17.2 Å². The lowest BCUT2D eigenvalue weighted by molar-refractivity contribution is -0.150. The Morgan fingerprint density at radius 3 is 2.83 bits per heavy atom. The number of alkyl halides is 1. The summed E-state index contributed by atoms with van der Waals surface area (Å²) < 4.78 is 14.4. The highest BCUT2D eigenvalue weighted by atomic mass is 19.1. The molecule has 5 nitrogen and oxygen atoms in total. The molecule has 1 aliphatic heterocycles. The summed E-state index contributed by atoms with van der Waals surface area (Å²) in [6.45, 7) is 10.3. The van der Waals surface area contributed by atoms with Crippen molar-refractivity contribution in [3.63, 3.8) is 0 Å². The van der Waals surface area contributed by atoms with Gasteiger partial charge >= 0.3 is 0 Å². The van der Waals surface area contributed by atoms with Gasteiger partial charge in [0.1, 0.15) is 5.60 Å². The number of ketones is 1. The summed E-state index contributed by atoms with van der Waals surface area (Å²) in [6.07, 6.45) is 5.95. The van der Waals surface area contributed by atoms with Crippen LogP contribution in [0.5, 0.6) is 0 Å². The average molecular weight is 419 g/mol. The Bertz CT molecular complexity index is 793. The van der Waals surface area contributed by atoms with Gasteiger partial charge in [-0.2, -0.15) is 0 Å². The zero-order valence-corrected chi connectivity index (χ0v) is 18.2. The maximum Gasteiger partial charge on any atom is 0.173 e. The van der Waals surface area contributed by atoms with E-state index in [9.17, 15) is 14.3 Å². The number of halogens is 1. The third-order valence-corrected chi connectivity index (χ3v) is 9.51. The van der Waals surface area contributed by atoms with Crippen molar-refractivity contribution in [2.24, 2.45) is 28.6 Å². The molecule has 0 amide bonds. The minimum atomic E-state index is -1.33. The van der Waals surface area contributed by atoms with Gasteiger partial charge in [-0.3, -0.25) is 15.1 Å². The normalized spacial score (nSPS) is 50.5. The fourth-order valence-corrected chi connectivity index (χ4v) is 7.57. The van der Waals surface area contributed by atoms with Gasteiger partial charge in [0.15, 0.2) is 12.0 Å². The molecule has 1 saturated heterocycles. The molecule has 4 aliphatic carbocycles. The SMILES string of the molecule is C=C1CC2C3CC(F)C(=O)C3(C)CCC2C2(C)CCC(NOC3CCNC3)=CC12O. The molecule has 1 heterocycles. The Kier molecular flexibility index (Phi) is 4.73. The molecule has 8 atom stereocenters. The maximum atomic E-state index is 14.4. The smallest absolute Gasteiger partial charge is 0.173 e. The molecular formula is C24H35FN2O3. The zero-order valence-electron chi connectivity index (χ0n) is 18.2. The number of Topliss-reactive ketones (excluding diaryl/α,β-unsaturated/α-hetero) is 1. The van der Waals surface area contributed by atoms with Crippen molar-refractivity contribution in [3.05, 3.63) is 23.9 Å². The minimum Gasteiger partial charge on any atom is -0.381 e. The van der Waals surface area contributed by atoms with E-state index in [-0.39, 0.29) is 35.1 Å². The van der Waals surface area contributed by atoms with E-state index in [4.69, 9.17) is 4.84 Å². The third-order valence-electron chi connectivity index (χ3n) is 9.51. The molecule has 0 radical (unpaired) electrons. The van der Waals surface area contributed by atoms with E-state index in [1.807, 2.05) is 13.0 Å². The van der Waals surface area contributed by atoms with Gasteiger partial charge in [-0.1, -0.05) is 20.4 Å². The maximum absolute atomic E-state index is 14.4. The highest BCUT2D eigenvalue weighted by Crippen LogP contribution is 2.67. The van der Waals surface area contributed by atoms with Crippen LogP contribution in [0.25, 0.3) is 0 Å². The van der Waals surface area contributed by atoms with Crippen LogP contribution >= 0.6 is 0 Å². The lowest BCUT2D eigenvalue weighted by atomic mass is 9.43. The Balaban J connectivity index is 1.41. The Hall–Kier alpha value is -1.24. The quantitative estimate of drug-likeness (QED) is 0.485. The van der Waals surface area contributed by atoms with Crippen molar-refractivity contribution >= 4 is 5.78 Å². The first-order chi connectivity index (χ1) is 14.2. The van der Waals surface area contributed by atoms with Gasteiger partial charge in [-0.15, -0.1) is 0 Å². The van der Waals surface area contributed by atoms with Gasteiger partial charge in [0.25, 0.3) is 0 Å². The molecule has 0 spiro atoms. The molecule has 0 aromatic rings. The van der Waals surface area contributed by atoms with Crippen LogP contribution in [0.15, 0.2) is 23.9 Å². The van der Waals surface area contributed by atoms with Crippen LogP contribution in [-0.2, 0) is 9.63 Å². The van der Waals surface area contributed by atoms with E-state index in [0.29, 0.717) is 12.8 Å². The molecular weight excluding hydrogens is 383 g/mol. The van der Waals surface area contributed by atoms with Crippen LogP contribution in [0.3, 0.4) is 0 Å². The van der Waals surface area contributed by atoms with Crippen molar-refractivity contribution in [2.75, 3.05) is 13.1 Å². The lowest BCUT2D eigenvalue weighted by Gasteiger charge is -2.62. The first-order valence-electron chi connectivity index (χ1n) is 11.6. The van der Waals surface area contributed by atoms with Gasteiger partial charge in [-0.25, -0.2) is 4.39 Å². The molecule has 30 heavy (non-hydrogen) atoms. The second kappa shape index (κ2) is 6.88. The molecule has 0 bridgehead atoms. The van der Waals surface area contributed by atoms with Gasteiger partial charge in [0, 0.05) is 23.1 Å². The molecule has 0 aromatic heterocycles. The Labute approximate surface area is 178 Å². The number of hydrogen-bond acceptors (Lipinski definition) is 5. The topological polar surface area (TPSA) is 70.6 Å². The van der Waals surface area contributed by atoms with E-state index in [1.165, 1.54) is 0 Å². The zero-order chi connectivity index (χ0) is 21.3. The third kappa shape index (κ3) is 2.72. The van der Waals surface area contributed by atoms with E-state index in [2.05, 4.69) is 24.3 Å². The summed E-state index contributed by atoms with van der Waals surface area (Å²) in [5, 5.41) is 15.2. The van der Waals surface area contributed by atoms with Crippen LogP contribution in [0.4, 0.5) is 4.39 Å².